The van der Waals surface area contributed by atoms with Gasteiger partial charge in [0.2, 0.25) is 0 Å². The van der Waals surface area contributed by atoms with Gasteiger partial charge in [0.1, 0.15) is 0 Å². The van der Waals surface area contributed by atoms with Gasteiger partial charge in [0.15, 0.2) is 0 Å². The average Bonchev–Trinajstić information content (AvgIpc) is 2.86. The van der Waals surface area contributed by atoms with Crippen molar-refractivity contribution in [3.8, 4) is 0 Å². The number of ether oxygens (including phenoxy) is 2. The third-order valence-electron chi connectivity index (χ3n) is 6.92. The fraction of sp³-hybridized carbons (Fsp3) is 0.586. The molecule has 0 radical (unpaired) electrons. The second-order valence-electron chi connectivity index (χ2n) is 9.61. The molecule has 34 heavy (non-hydrogen) atoms. The lowest BCUT2D eigenvalue weighted by molar-refractivity contribution is -0.139. The maximum Gasteiger partial charge on any atom is 0.335 e. The second kappa shape index (κ2) is 14.8. The van der Waals surface area contributed by atoms with Crippen molar-refractivity contribution in [3.63, 3.8) is 0 Å². The van der Waals surface area contributed by atoms with E-state index in [-0.39, 0.29) is 24.7 Å². The number of esters is 2. The number of benzene rings is 1. The number of carbonyl (C=O) groups excluding carboxylic acids is 2. The summed E-state index contributed by atoms with van der Waals surface area (Å²) in [5, 5.41) is 9.03. The van der Waals surface area contributed by atoms with Crippen LogP contribution in [0.5, 0.6) is 0 Å². The molecule has 1 saturated carbocycles. The number of carbonyl (C=O) groups is 2. The smallest absolute Gasteiger partial charge is 0.335 e. The van der Waals surface area contributed by atoms with Gasteiger partial charge in [0.05, 0.1) is 25.4 Å². The van der Waals surface area contributed by atoms with E-state index in [2.05, 4.69) is 44.3 Å². The zero-order chi connectivity index (χ0) is 24.9. The second-order valence-corrected chi connectivity index (χ2v) is 9.61. The number of unbranched alkanes of at least 4 members (excludes halogenated alkanes) is 1. The normalized spacial score (nSPS) is 18.7. The molecule has 1 fully saturated rings. The van der Waals surface area contributed by atoms with Gasteiger partial charge in [0.25, 0.3) is 0 Å². The minimum atomic E-state index is -0.583. The fourth-order valence-electron chi connectivity index (χ4n) is 4.67. The molecule has 1 aromatic carbocycles. The monoisotopic (exact) mass is 470 g/mol. The summed E-state index contributed by atoms with van der Waals surface area (Å²) in [6.45, 7) is 11.1. The maximum atomic E-state index is 11.8. The zero-order valence-corrected chi connectivity index (χ0v) is 21.0. The Bertz CT molecular complexity index is 802. The molecule has 0 aliphatic heterocycles. The first-order valence-corrected chi connectivity index (χ1v) is 12.7. The fourth-order valence-corrected chi connectivity index (χ4v) is 4.67. The van der Waals surface area contributed by atoms with Crippen molar-refractivity contribution in [1.82, 2.24) is 0 Å². The quantitative estimate of drug-likeness (QED) is 0.258. The summed E-state index contributed by atoms with van der Waals surface area (Å²) in [6.07, 6.45) is 10.4. The molecular weight excluding hydrogens is 428 g/mol. The highest BCUT2D eigenvalue weighted by atomic mass is 16.5. The predicted octanol–water partition coefficient (Wildman–Crippen LogP) is 6.23. The first kappa shape index (κ1) is 27.8. The van der Waals surface area contributed by atoms with Crippen LogP contribution < -0.4 is 0 Å². The van der Waals surface area contributed by atoms with Crippen LogP contribution in [0.25, 0.3) is 0 Å². The Morgan fingerprint density at radius 1 is 1.00 bits per heavy atom. The molecule has 5 heteroatoms. The Balaban J connectivity index is 1.97. The van der Waals surface area contributed by atoms with Crippen molar-refractivity contribution in [1.29, 1.82) is 0 Å². The SMILES string of the molecule is C=C(C)C(=O)OCCC(CCOC(=O)C(=C)CO)c1ccc(C2CCC(CCCC)CC2)cc1. The third kappa shape index (κ3) is 9.09. The number of aliphatic hydroxyl groups is 1. The summed E-state index contributed by atoms with van der Waals surface area (Å²) >= 11 is 0. The standard InChI is InChI=1S/C29H42O5/c1-5-6-7-23-8-10-24(11-9-23)25-12-14-26(15-13-25)27(16-18-33-28(31)21(2)3)17-19-34-29(32)22(4)20-30/h12-15,23-24,27,30H,2,4-11,16-20H2,1,3H3. The highest BCUT2D eigenvalue weighted by Crippen LogP contribution is 2.38. The van der Waals surface area contributed by atoms with Crippen LogP contribution in [-0.2, 0) is 19.1 Å². The molecule has 1 atom stereocenters. The van der Waals surface area contributed by atoms with Crippen LogP contribution in [-0.4, -0.2) is 36.9 Å². The van der Waals surface area contributed by atoms with Crippen molar-refractivity contribution in [2.24, 2.45) is 5.92 Å². The van der Waals surface area contributed by atoms with Crippen LogP contribution in [0, 0.1) is 5.92 Å². The Kier molecular flexibility index (Phi) is 12.1. The van der Waals surface area contributed by atoms with Gasteiger partial charge in [-0.2, -0.15) is 0 Å². The molecule has 2 rings (SSSR count). The molecule has 0 amide bonds. The number of rotatable bonds is 14. The van der Waals surface area contributed by atoms with Gasteiger partial charge in [-0.3, -0.25) is 0 Å². The molecule has 0 bridgehead atoms. The molecule has 188 valence electrons. The number of aliphatic hydroxyl groups excluding tert-OH is 1. The Labute approximate surface area is 205 Å². The van der Waals surface area contributed by atoms with Crippen molar-refractivity contribution >= 4 is 11.9 Å². The minimum Gasteiger partial charge on any atom is -0.462 e. The van der Waals surface area contributed by atoms with Crippen molar-refractivity contribution in [3.05, 3.63) is 59.7 Å². The van der Waals surface area contributed by atoms with Crippen LogP contribution in [0.2, 0.25) is 0 Å². The molecule has 1 aromatic rings. The Morgan fingerprint density at radius 2 is 1.59 bits per heavy atom. The van der Waals surface area contributed by atoms with Crippen LogP contribution in [0.1, 0.15) is 94.6 Å². The maximum absolute atomic E-state index is 11.8. The van der Waals surface area contributed by atoms with Gasteiger partial charge < -0.3 is 14.6 Å². The van der Waals surface area contributed by atoms with E-state index in [1.165, 1.54) is 50.5 Å². The Morgan fingerprint density at radius 3 is 2.12 bits per heavy atom. The molecule has 0 heterocycles. The summed E-state index contributed by atoms with van der Waals surface area (Å²) < 4.78 is 10.6. The largest absolute Gasteiger partial charge is 0.462 e. The zero-order valence-electron chi connectivity index (χ0n) is 21.0. The van der Waals surface area contributed by atoms with Crippen LogP contribution >= 0.6 is 0 Å². The lowest BCUT2D eigenvalue weighted by Gasteiger charge is -2.29. The molecule has 0 aromatic heterocycles. The van der Waals surface area contributed by atoms with Crippen LogP contribution in [0.3, 0.4) is 0 Å². The van der Waals surface area contributed by atoms with Gasteiger partial charge in [-0.05, 0) is 74.3 Å². The van der Waals surface area contributed by atoms with Crippen molar-refractivity contribution < 1.29 is 24.2 Å². The molecule has 5 nitrogen and oxygen atoms in total. The van der Waals surface area contributed by atoms with Gasteiger partial charge >= 0.3 is 11.9 Å². The molecule has 1 aliphatic rings. The molecular formula is C29H42O5. The molecule has 0 saturated heterocycles. The molecule has 1 aliphatic carbocycles. The van der Waals surface area contributed by atoms with Gasteiger partial charge in [-0.1, -0.05) is 63.6 Å². The molecule has 1 unspecified atom stereocenters. The summed E-state index contributed by atoms with van der Waals surface area (Å²) in [7, 11) is 0. The Hall–Kier alpha value is -2.40. The summed E-state index contributed by atoms with van der Waals surface area (Å²) in [5.41, 5.74) is 2.96. The molecule has 0 spiro atoms. The van der Waals surface area contributed by atoms with Crippen LogP contribution in [0.15, 0.2) is 48.6 Å². The predicted molar refractivity (Wildman–Crippen MR) is 136 cm³/mol. The topological polar surface area (TPSA) is 72.8 Å². The lowest BCUT2D eigenvalue weighted by Crippen LogP contribution is -2.15. The summed E-state index contributed by atoms with van der Waals surface area (Å²) in [4.78, 5) is 23.6. The average molecular weight is 471 g/mol. The number of hydrogen-bond acceptors (Lipinski definition) is 5. The van der Waals surface area contributed by atoms with E-state index in [4.69, 9.17) is 14.6 Å². The van der Waals surface area contributed by atoms with Gasteiger partial charge in [-0.15, -0.1) is 0 Å². The van der Waals surface area contributed by atoms with Crippen molar-refractivity contribution in [2.45, 2.75) is 83.5 Å². The first-order valence-electron chi connectivity index (χ1n) is 12.7. The van der Waals surface area contributed by atoms with Gasteiger partial charge in [0, 0.05) is 5.57 Å². The third-order valence-corrected chi connectivity index (χ3v) is 6.92. The van der Waals surface area contributed by atoms with E-state index < -0.39 is 18.5 Å². The highest BCUT2D eigenvalue weighted by Gasteiger charge is 2.22. The van der Waals surface area contributed by atoms with Gasteiger partial charge in [-0.25, -0.2) is 9.59 Å². The van der Waals surface area contributed by atoms with E-state index in [1.807, 2.05) is 0 Å². The first-order chi connectivity index (χ1) is 16.3. The van der Waals surface area contributed by atoms with E-state index in [1.54, 1.807) is 6.92 Å². The summed E-state index contributed by atoms with van der Waals surface area (Å²) in [6, 6.07) is 8.80. The highest BCUT2D eigenvalue weighted by molar-refractivity contribution is 5.88. The van der Waals surface area contributed by atoms with E-state index >= 15 is 0 Å². The number of hydrogen-bond donors (Lipinski definition) is 1. The summed E-state index contributed by atoms with van der Waals surface area (Å²) in [5.74, 6) is 0.625. The van der Waals surface area contributed by atoms with E-state index in [0.717, 1.165) is 11.5 Å². The van der Waals surface area contributed by atoms with E-state index in [0.29, 0.717) is 24.3 Å². The van der Waals surface area contributed by atoms with Crippen molar-refractivity contribution in [2.75, 3.05) is 19.8 Å². The van der Waals surface area contributed by atoms with E-state index in [9.17, 15) is 9.59 Å². The minimum absolute atomic E-state index is 0.0423. The lowest BCUT2D eigenvalue weighted by atomic mass is 9.77. The van der Waals surface area contributed by atoms with Crippen LogP contribution in [0.4, 0.5) is 0 Å². The molecule has 1 N–H and O–H groups in total.